The van der Waals surface area contributed by atoms with Crippen molar-refractivity contribution in [2.45, 2.75) is 39.3 Å². The number of hydrogen-bond acceptors (Lipinski definition) is 3. The van der Waals surface area contributed by atoms with E-state index in [1.54, 1.807) is 0 Å². The largest absolute Gasteiger partial charge is 0.395 e. The van der Waals surface area contributed by atoms with Gasteiger partial charge in [0.05, 0.1) is 0 Å². The predicted octanol–water partition coefficient (Wildman–Crippen LogP) is 4.02. The summed E-state index contributed by atoms with van der Waals surface area (Å²) in [5.74, 6) is 0. The van der Waals surface area contributed by atoms with E-state index in [1.807, 2.05) is 19.9 Å². The molecule has 1 rings (SSSR count). The predicted molar refractivity (Wildman–Crippen MR) is 83.8 cm³/mol. The Balaban J connectivity index is 2.18. The van der Waals surface area contributed by atoms with Crippen LogP contribution in [0, 0.1) is 0 Å². The van der Waals surface area contributed by atoms with Gasteiger partial charge in [-0.15, -0.1) is 0 Å². The van der Waals surface area contributed by atoms with E-state index in [0.717, 1.165) is 38.6 Å². The minimum Gasteiger partial charge on any atom is -0.395 e. The molecule has 3 nitrogen and oxygen atoms in total. The molecule has 0 bridgehead atoms. The van der Waals surface area contributed by atoms with Crippen LogP contribution in [0.15, 0.2) is 30.3 Å². The van der Waals surface area contributed by atoms with Gasteiger partial charge in [-0.25, -0.2) is 0 Å². The van der Waals surface area contributed by atoms with Gasteiger partial charge in [0.2, 0.25) is 0 Å². The first-order valence-corrected chi connectivity index (χ1v) is 9.79. The quantitative estimate of drug-likeness (QED) is 0.519. The van der Waals surface area contributed by atoms with Crippen molar-refractivity contribution in [2.24, 2.45) is 0 Å². The number of anilines is 1. The minimum atomic E-state index is -1.91. The Morgan fingerprint density at radius 2 is 1.63 bits per heavy atom. The highest BCUT2D eigenvalue weighted by molar-refractivity contribution is 6.66. The van der Waals surface area contributed by atoms with E-state index < -0.39 is 8.56 Å². The molecule has 0 aliphatic rings. The lowest BCUT2D eigenvalue weighted by Crippen LogP contribution is -2.38. The molecule has 0 saturated heterocycles. The highest BCUT2D eigenvalue weighted by Gasteiger charge is 2.29. The van der Waals surface area contributed by atoms with Crippen LogP contribution in [0.2, 0.25) is 12.6 Å². The van der Waals surface area contributed by atoms with E-state index in [0.29, 0.717) is 0 Å². The van der Waals surface area contributed by atoms with Crippen molar-refractivity contribution in [2.75, 3.05) is 25.1 Å². The van der Waals surface area contributed by atoms with Crippen LogP contribution in [0.5, 0.6) is 0 Å². The molecule has 0 aliphatic heterocycles. The van der Waals surface area contributed by atoms with Gasteiger partial charge in [0, 0.05) is 25.4 Å². The van der Waals surface area contributed by atoms with E-state index in [1.165, 1.54) is 5.69 Å². The van der Waals surface area contributed by atoms with Crippen LogP contribution in [0.1, 0.15) is 26.7 Å². The summed E-state index contributed by atoms with van der Waals surface area (Å²) >= 11 is 0. The Kier molecular flexibility index (Phi) is 7.78. The normalized spacial score (nSPS) is 11.5. The van der Waals surface area contributed by atoms with Crippen molar-refractivity contribution >= 4 is 14.2 Å². The van der Waals surface area contributed by atoms with Gasteiger partial charge in [0.15, 0.2) is 0 Å². The second-order valence-electron chi connectivity index (χ2n) is 4.75. The topological polar surface area (TPSA) is 30.5 Å². The third-order valence-electron chi connectivity index (χ3n) is 3.06. The average Bonchev–Trinajstić information content (AvgIpc) is 2.40. The molecule has 0 spiro atoms. The summed E-state index contributed by atoms with van der Waals surface area (Å²) in [5, 5.41) is 3.43. The number of rotatable bonds is 10. The Morgan fingerprint density at radius 3 is 2.21 bits per heavy atom. The van der Waals surface area contributed by atoms with E-state index in [2.05, 4.69) is 36.1 Å². The maximum atomic E-state index is 5.83. The maximum Gasteiger partial charge on any atom is 0.334 e. The Hall–Kier alpha value is -0.843. The monoisotopic (exact) mass is 281 g/mol. The van der Waals surface area contributed by atoms with Crippen LogP contribution in [-0.2, 0) is 8.85 Å². The van der Waals surface area contributed by atoms with Gasteiger partial charge in [-0.05, 0) is 51.4 Å². The first-order chi connectivity index (χ1) is 9.20. The first kappa shape index (κ1) is 16.2. The number of nitrogens with one attached hydrogen (secondary N) is 1. The summed E-state index contributed by atoms with van der Waals surface area (Å²) in [6, 6.07) is 11.4. The summed E-state index contributed by atoms with van der Waals surface area (Å²) in [6.45, 7) is 8.77. The van der Waals surface area contributed by atoms with Gasteiger partial charge in [-0.1, -0.05) is 18.2 Å². The second kappa shape index (κ2) is 9.12. The molecule has 1 N–H and O–H groups in total. The molecule has 108 valence electrons. The second-order valence-corrected chi connectivity index (χ2v) is 8.09. The number of unbranched alkanes of at least 4 members (excludes halogenated alkanes) is 1. The summed E-state index contributed by atoms with van der Waals surface area (Å²) in [7, 11) is -1.91. The van der Waals surface area contributed by atoms with Gasteiger partial charge in [0.25, 0.3) is 0 Å². The molecule has 1 aromatic carbocycles. The zero-order chi connectivity index (χ0) is 14.0. The maximum absolute atomic E-state index is 5.83. The zero-order valence-electron chi connectivity index (χ0n) is 12.4. The fraction of sp³-hybridized carbons (Fsp3) is 0.600. The molecule has 19 heavy (non-hydrogen) atoms. The summed E-state index contributed by atoms with van der Waals surface area (Å²) in [5.41, 5.74) is 1.19. The van der Waals surface area contributed by atoms with Crippen LogP contribution in [0.25, 0.3) is 0 Å². The van der Waals surface area contributed by atoms with Gasteiger partial charge < -0.3 is 14.2 Å². The van der Waals surface area contributed by atoms with Crippen molar-refractivity contribution in [1.29, 1.82) is 0 Å². The SMILES string of the molecule is CCO[Si](C)(CCCCNc1ccccc1)OCC. The van der Waals surface area contributed by atoms with Gasteiger partial charge >= 0.3 is 8.56 Å². The molecule has 0 fully saturated rings. The van der Waals surface area contributed by atoms with Crippen LogP contribution in [0.4, 0.5) is 5.69 Å². The van der Waals surface area contributed by atoms with Crippen LogP contribution >= 0.6 is 0 Å². The highest BCUT2D eigenvalue weighted by atomic mass is 28.4. The molecule has 4 heteroatoms. The van der Waals surface area contributed by atoms with Gasteiger partial charge in [0.1, 0.15) is 0 Å². The Morgan fingerprint density at radius 1 is 1.00 bits per heavy atom. The molecule has 0 radical (unpaired) electrons. The lowest BCUT2D eigenvalue weighted by Gasteiger charge is -2.25. The summed E-state index contributed by atoms with van der Waals surface area (Å²) in [6.07, 6.45) is 2.31. The van der Waals surface area contributed by atoms with E-state index in [-0.39, 0.29) is 0 Å². The van der Waals surface area contributed by atoms with E-state index in [9.17, 15) is 0 Å². The average molecular weight is 281 g/mol. The van der Waals surface area contributed by atoms with Gasteiger partial charge in [-0.3, -0.25) is 0 Å². The number of para-hydroxylation sites is 1. The third kappa shape index (κ3) is 6.75. The molecule has 0 aromatic heterocycles. The third-order valence-corrected chi connectivity index (χ3v) is 6.12. The fourth-order valence-corrected chi connectivity index (χ4v) is 4.64. The Bertz CT molecular complexity index is 326. The van der Waals surface area contributed by atoms with Crippen molar-refractivity contribution in [3.8, 4) is 0 Å². The lowest BCUT2D eigenvalue weighted by molar-refractivity contribution is 0.188. The van der Waals surface area contributed by atoms with Crippen molar-refractivity contribution in [1.82, 2.24) is 0 Å². The molecule has 0 heterocycles. The standard InChI is InChI=1S/C15H27NO2Si/c1-4-17-19(3,18-5-2)14-10-9-13-16-15-11-7-6-8-12-15/h6-8,11-12,16H,4-5,9-10,13-14H2,1-3H3. The summed E-state index contributed by atoms with van der Waals surface area (Å²) < 4.78 is 11.7. The smallest absolute Gasteiger partial charge is 0.334 e. The zero-order valence-corrected chi connectivity index (χ0v) is 13.4. The fourth-order valence-electron chi connectivity index (χ4n) is 2.16. The lowest BCUT2D eigenvalue weighted by atomic mass is 10.3. The van der Waals surface area contributed by atoms with Crippen LogP contribution in [0.3, 0.4) is 0 Å². The first-order valence-electron chi connectivity index (χ1n) is 7.27. The van der Waals surface area contributed by atoms with Gasteiger partial charge in [-0.2, -0.15) is 0 Å². The van der Waals surface area contributed by atoms with Crippen LogP contribution in [-0.4, -0.2) is 28.3 Å². The van der Waals surface area contributed by atoms with Crippen molar-refractivity contribution in [3.05, 3.63) is 30.3 Å². The summed E-state index contributed by atoms with van der Waals surface area (Å²) in [4.78, 5) is 0. The number of hydrogen-bond donors (Lipinski definition) is 1. The molecule has 1 aromatic rings. The molecule has 0 saturated carbocycles. The van der Waals surface area contributed by atoms with Crippen molar-refractivity contribution in [3.63, 3.8) is 0 Å². The van der Waals surface area contributed by atoms with E-state index in [4.69, 9.17) is 8.85 Å². The molecule has 0 atom stereocenters. The van der Waals surface area contributed by atoms with Crippen molar-refractivity contribution < 1.29 is 8.85 Å². The van der Waals surface area contributed by atoms with Crippen LogP contribution < -0.4 is 5.32 Å². The molecular weight excluding hydrogens is 254 g/mol. The molecular formula is C15H27NO2Si. The minimum absolute atomic E-state index is 0.755. The Labute approximate surface area is 118 Å². The molecule has 0 aliphatic carbocycles. The molecule has 0 amide bonds. The highest BCUT2D eigenvalue weighted by Crippen LogP contribution is 2.17. The molecule has 0 unspecified atom stereocenters. The number of benzene rings is 1. The van der Waals surface area contributed by atoms with E-state index >= 15 is 0 Å².